The van der Waals surface area contributed by atoms with Gasteiger partial charge in [-0.1, -0.05) is 38.1 Å². The lowest BCUT2D eigenvalue weighted by Gasteiger charge is -2.18. The van der Waals surface area contributed by atoms with E-state index in [0.29, 0.717) is 5.92 Å². The number of hydrogen-bond donors (Lipinski definition) is 1. The van der Waals surface area contributed by atoms with E-state index in [-0.39, 0.29) is 0 Å². The van der Waals surface area contributed by atoms with Crippen LogP contribution in [0.25, 0.3) is 0 Å². The van der Waals surface area contributed by atoms with Gasteiger partial charge in [0.1, 0.15) is 0 Å². The summed E-state index contributed by atoms with van der Waals surface area (Å²) in [6, 6.07) is 9.00. The molecule has 0 aliphatic carbocycles. The maximum absolute atomic E-state index is 5.63. The zero-order valence-electron chi connectivity index (χ0n) is 12.2. The number of nitrogens with zero attached hydrogens (tertiary/aromatic N) is 1. The van der Waals surface area contributed by atoms with Crippen LogP contribution >= 0.6 is 0 Å². The Morgan fingerprint density at radius 3 is 2.28 bits per heavy atom. The molecule has 1 atom stereocenters. The molecular formula is C16H28N2. The van der Waals surface area contributed by atoms with E-state index < -0.39 is 0 Å². The summed E-state index contributed by atoms with van der Waals surface area (Å²) in [7, 11) is 2.20. The molecule has 0 aliphatic rings. The zero-order chi connectivity index (χ0) is 13.4. The van der Waals surface area contributed by atoms with Gasteiger partial charge in [-0.15, -0.1) is 0 Å². The molecule has 1 unspecified atom stereocenters. The maximum Gasteiger partial charge on any atom is 0.00188 e. The maximum atomic E-state index is 5.63. The third-order valence-electron chi connectivity index (χ3n) is 3.62. The second-order valence-electron chi connectivity index (χ2n) is 5.35. The topological polar surface area (TPSA) is 29.3 Å². The van der Waals surface area contributed by atoms with Gasteiger partial charge < -0.3 is 10.6 Å². The van der Waals surface area contributed by atoms with Gasteiger partial charge in [0.15, 0.2) is 0 Å². The number of hydrogen-bond acceptors (Lipinski definition) is 2. The predicted molar refractivity (Wildman–Crippen MR) is 79.9 cm³/mol. The van der Waals surface area contributed by atoms with E-state index in [4.69, 9.17) is 5.73 Å². The highest BCUT2D eigenvalue weighted by atomic mass is 15.1. The molecule has 0 aromatic heterocycles. The molecule has 0 bridgehead atoms. The Labute approximate surface area is 112 Å². The fourth-order valence-electron chi connectivity index (χ4n) is 1.93. The van der Waals surface area contributed by atoms with Gasteiger partial charge in [-0.25, -0.2) is 0 Å². The van der Waals surface area contributed by atoms with Crippen LogP contribution in [0.15, 0.2) is 24.3 Å². The number of rotatable bonds is 8. The third-order valence-corrected chi connectivity index (χ3v) is 3.62. The van der Waals surface area contributed by atoms with Crippen molar-refractivity contribution in [2.45, 2.75) is 33.1 Å². The van der Waals surface area contributed by atoms with Crippen molar-refractivity contribution in [3.63, 3.8) is 0 Å². The van der Waals surface area contributed by atoms with Crippen LogP contribution in [-0.4, -0.2) is 31.6 Å². The smallest absolute Gasteiger partial charge is 0.00188 e. The van der Waals surface area contributed by atoms with Gasteiger partial charge in [0.2, 0.25) is 0 Å². The highest BCUT2D eigenvalue weighted by Crippen LogP contribution is 2.07. The van der Waals surface area contributed by atoms with Crippen LogP contribution in [-0.2, 0) is 12.8 Å². The zero-order valence-corrected chi connectivity index (χ0v) is 12.2. The summed E-state index contributed by atoms with van der Waals surface area (Å²) in [6.07, 6.45) is 3.45. The summed E-state index contributed by atoms with van der Waals surface area (Å²) >= 11 is 0. The van der Waals surface area contributed by atoms with E-state index >= 15 is 0 Å². The molecule has 1 rings (SSSR count). The Bertz CT molecular complexity index is 318. The lowest BCUT2D eigenvalue weighted by Crippen LogP contribution is -2.25. The van der Waals surface area contributed by atoms with Crippen molar-refractivity contribution >= 4 is 0 Å². The number of benzene rings is 1. The van der Waals surface area contributed by atoms with E-state index in [9.17, 15) is 0 Å². The first-order valence-electron chi connectivity index (χ1n) is 7.12. The molecule has 2 N–H and O–H groups in total. The first-order valence-corrected chi connectivity index (χ1v) is 7.12. The average Bonchev–Trinajstić information content (AvgIpc) is 2.42. The standard InChI is InChI=1S/C16H28N2/c1-4-15-5-7-16(8-6-15)10-12-18(3)11-9-14(2)13-17/h5-8,14H,4,9-13,17H2,1-3H3. The molecule has 0 spiro atoms. The van der Waals surface area contributed by atoms with Crippen molar-refractivity contribution in [2.24, 2.45) is 11.7 Å². The molecule has 0 saturated carbocycles. The number of nitrogens with two attached hydrogens (primary N) is 1. The molecule has 2 heteroatoms. The minimum absolute atomic E-state index is 0.635. The summed E-state index contributed by atoms with van der Waals surface area (Å²) in [5.41, 5.74) is 8.49. The predicted octanol–water partition coefficient (Wildman–Crippen LogP) is 2.71. The van der Waals surface area contributed by atoms with Gasteiger partial charge in [-0.3, -0.25) is 0 Å². The molecule has 18 heavy (non-hydrogen) atoms. The van der Waals surface area contributed by atoms with Crippen LogP contribution in [0.5, 0.6) is 0 Å². The Hall–Kier alpha value is -0.860. The van der Waals surface area contributed by atoms with E-state index in [1.807, 2.05) is 0 Å². The van der Waals surface area contributed by atoms with Crippen LogP contribution in [0, 0.1) is 5.92 Å². The lowest BCUT2D eigenvalue weighted by molar-refractivity contribution is 0.310. The van der Waals surface area contributed by atoms with Crippen LogP contribution in [0.3, 0.4) is 0 Å². The minimum atomic E-state index is 0.635. The van der Waals surface area contributed by atoms with Gasteiger partial charge in [-0.05, 0) is 56.4 Å². The van der Waals surface area contributed by atoms with Crippen LogP contribution in [0.4, 0.5) is 0 Å². The van der Waals surface area contributed by atoms with E-state index in [1.165, 1.54) is 17.5 Å². The molecule has 0 heterocycles. The summed E-state index contributed by atoms with van der Waals surface area (Å²) < 4.78 is 0. The molecule has 2 nitrogen and oxygen atoms in total. The van der Waals surface area contributed by atoms with Crippen molar-refractivity contribution in [2.75, 3.05) is 26.7 Å². The summed E-state index contributed by atoms with van der Waals surface area (Å²) in [5, 5.41) is 0. The van der Waals surface area contributed by atoms with Gasteiger partial charge in [-0.2, -0.15) is 0 Å². The SMILES string of the molecule is CCc1ccc(CCN(C)CCC(C)CN)cc1. The Morgan fingerprint density at radius 2 is 1.72 bits per heavy atom. The Balaban J connectivity index is 2.26. The quantitative estimate of drug-likeness (QED) is 0.766. The fraction of sp³-hybridized carbons (Fsp3) is 0.625. The second kappa shape index (κ2) is 8.28. The van der Waals surface area contributed by atoms with E-state index in [2.05, 4.69) is 50.1 Å². The van der Waals surface area contributed by atoms with Crippen LogP contribution < -0.4 is 5.73 Å². The van der Waals surface area contributed by atoms with Crippen molar-refractivity contribution in [3.8, 4) is 0 Å². The molecule has 0 amide bonds. The summed E-state index contributed by atoms with van der Waals surface area (Å²) in [4.78, 5) is 2.40. The normalized spacial score (nSPS) is 12.9. The first kappa shape index (κ1) is 15.2. The number of aryl methyl sites for hydroxylation is 1. The molecule has 0 radical (unpaired) electrons. The molecule has 0 aliphatic heterocycles. The molecular weight excluding hydrogens is 220 g/mol. The molecule has 1 aromatic carbocycles. The highest BCUT2D eigenvalue weighted by Gasteiger charge is 2.03. The van der Waals surface area contributed by atoms with Crippen LogP contribution in [0.2, 0.25) is 0 Å². The van der Waals surface area contributed by atoms with Gasteiger partial charge in [0, 0.05) is 6.54 Å². The third kappa shape index (κ3) is 5.65. The monoisotopic (exact) mass is 248 g/mol. The first-order chi connectivity index (χ1) is 8.65. The van der Waals surface area contributed by atoms with Crippen LogP contribution in [0.1, 0.15) is 31.4 Å². The van der Waals surface area contributed by atoms with E-state index in [0.717, 1.165) is 32.5 Å². The minimum Gasteiger partial charge on any atom is -0.330 e. The Kier molecular flexibility index (Phi) is 6.99. The Morgan fingerprint density at radius 1 is 1.11 bits per heavy atom. The van der Waals surface area contributed by atoms with Crippen molar-refractivity contribution in [1.82, 2.24) is 4.90 Å². The van der Waals surface area contributed by atoms with Crippen molar-refractivity contribution in [1.29, 1.82) is 0 Å². The van der Waals surface area contributed by atoms with Crippen molar-refractivity contribution < 1.29 is 0 Å². The summed E-state index contributed by atoms with van der Waals surface area (Å²) in [5.74, 6) is 0.635. The fourth-order valence-corrected chi connectivity index (χ4v) is 1.93. The number of likely N-dealkylation sites (N-methyl/N-ethyl adjacent to an activating group) is 1. The van der Waals surface area contributed by atoms with E-state index in [1.54, 1.807) is 0 Å². The molecule has 102 valence electrons. The second-order valence-corrected chi connectivity index (χ2v) is 5.35. The lowest BCUT2D eigenvalue weighted by atomic mass is 10.1. The molecule has 0 saturated heterocycles. The van der Waals surface area contributed by atoms with Gasteiger partial charge in [0.25, 0.3) is 0 Å². The van der Waals surface area contributed by atoms with Crippen molar-refractivity contribution in [3.05, 3.63) is 35.4 Å². The summed E-state index contributed by atoms with van der Waals surface area (Å²) in [6.45, 7) is 7.49. The van der Waals surface area contributed by atoms with Gasteiger partial charge >= 0.3 is 0 Å². The largest absolute Gasteiger partial charge is 0.330 e. The highest BCUT2D eigenvalue weighted by molar-refractivity contribution is 5.22. The molecule has 0 fully saturated rings. The molecule has 1 aromatic rings. The average molecular weight is 248 g/mol. The van der Waals surface area contributed by atoms with Gasteiger partial charge in [0.05, 0.1) is 0 Å².